The molecule has 0 unspecified atom stereocenters. The van der Waals surface area contributed by atoms with Gasteiger partial charge >= 0.3 is 6.18 Å². The molecule has 0 amide bonds. The van der Waals surface area contributed by atoms with Crippen LogP contribution in [0.2, 0.25) is 5.02 Å². The van der Waals surface area contributed by atoms with Gasteiger partial charge in [-0.25, -0.2) is 0 Å². The van der Waals surface area contributed by atoms with Crippen molar-refractivity contribution in [2.24, 2.45) is 5.73 Å². The summed E-state index contributed by atoms with van der Waals surface area (Å²) >= 11 is 5.65. The smallest absolute Gasteiger partial charge is 0.382 e. The molecule has 0 spiro atoms. The molecule has 0 radical (unpaired) electrons. The highest BCUT2D eigenvalue weighted by molar-refractivity contribution is 6.31. The Bertz CT molecular complexity index is 346. The molecule has 0 saturated carbocycles. The molecule has 1 aromatic rings. The minimum Gasteiger partial charge on any atom is -0.382 e. The second kappa shape index (κ2) is 5.72. The first-order chi connectivity index (χ1) is 6.84. The van der Waals surface area contributed by atoms with Crippen molar-refractivity contribution in [1.29, 1.82) is 0 Å². The molecular weight excluding hydrogens is 266 g/mol. The van der Waals surface area contributed by atoms with Gasteiger partial charge in [0.2, 0.25) is 0 Å². The van der Waals surface area contributed by atoms with Crippen molar-refractivity contribution in [3.63, 3.8) is 0 Å². The van der Waals surface area contributed by atoms with E-state index in [0.717, 1.165) is 0 Å². The lowest BCUT2D eigenvalue weighted by atomic mass is 10.0. The molecule has 0 aromatic heterocycles. The van der Waals surface area contributed by atoms with Crippen LogP contribution < -0.4 is 5.73 Å². The maximum Gasteiger partial charge on any atom is 0.416 e. The van der Waals surface area contributed by atoms with Crippen LogP contribution in [0.1, 0.15) is 11.6 Å². The number of nitrogens with two attached hydrogens (primary N) is 1. The fraction of sp³-hybridized carbons (Fsp3) is 0.333. The van der Waals surface area contributed by atoms with Crippen LogP contribution in [0.15, 0.2) is 24.3 Å². The molecule has 0 aliphatic heterocycles. The number of hydrogen-bond donors (Lipinski definition) is 2. The van der Waals surface area contributed by atoms with Crippen LogP contribution in [0.25, 0.3) is 0 Å². The van der Waals surface area contributed by atoms with Crippen LogP contribution >= 0.6 is 24.0 Å². The molecule has 0 heterocycles. The Kier molecular flexibility index (Phi) is 5.55. The molecule has 0 fully saturated rings. The van der Waals surface area contributed by atoms with E-state index in [4.69, 9.17) is 22.4 Å². The summed E-state index contributed by atoms with van der Waals surface area (Å²) in [4.78, 5) is 0. The predicted molar refractivity (Wildman–Crippen MR) is 57.7 cm³/mol. The van der Waals surface area contributed by atoms with Gasteiger partial charge in [-0.3, -0.25) is 0 Å². The van der Waals surface area contributed by atoms with Gasteiger partial charge in [0.1, 0.15) is 0 Å². The molecule has 0 bridgehead atoms. The average molecular weight is 276 g/mol. The first kappa shape index (κ1) is 15.5. The molecule has 1 aromatic carbocycles. The number of aliphatic hydroxyl groups excluding tert-OH is 1. The molecule has 16 heavy (non-hydrogen) atoms. The fourth-order valence-electron chi connectivity index (χ4n) is 1.12. The minimum absolute atomic E-state index is 0. The topological polar surface area (TPSA) is 46.2 Å². The quantitative estimate of drug-likeness (QED) is 0.872. The van der Waals surface area contributed by atoms with Crippen LogP contribution in [0, 0.1) is 0 Å². The highest BCUT2D eigenvalue weighted by atomic mass is 35.5. The van der Waals surface area contributed by atoms with Gasteiger partial charge in [0.05, 0.1) is 6.04 Å². The zero-order valence-electron chi connectivity index (χ0n) is 7.91. The van der Waals surface area contributed by atoms with Crippen molar-refractivity contribution in [3.8, 4) is 0 Å². The maximum absolute atomic E-state index is 12.1. The van der Waals surface area contributed by atoms with Gasteiger partial charge in [0.25, 0.3) is 0 Å². The Morgan fingerprint density at radius 3 is 2.19 bits per heavy atom. The van der Waals surface area contributed by atoms with Gasteiger partial charge in [-0.1, -0.05) is 29.8 Å². The Hall–Kier alpha value is -0.490. The van der Waals surface area contributed by atoms with Crippen LogP contribution in [0.4, 0.5) is 13.2 Å². The van der Waals surface area contributed by atoms with Gasteiger partial charge in [-0.2, -0.15) is 13.2 Å². The van der Waals surface area contributed by atoms with Gasteiger partial charge < -0.3 is 10.8 Å². The van der Waals surface area contributed by atoms with E-state index in [2.05, 4.69) is 0 Å². The maximum atomic E-state index is 12.1. The number of alkyl halides is 3. The second-order valence-electron chi connectivity index (χ2n) is 3.03. The Balaban J connectivity index is 0.00000225. The molecule has 1 rings (SSSR count). The summed E-state index contributed by atoms with van der Waals surface area (Å²) in [7, 11) is 0. The van der Waals surface area contributed by atoms with E-state index in [1.165, 1.54) is 18.2 Å². The SMILES string of the molecule is Cl.N[C@@H](c1ccccc1Cl)[C@H](O)C(F)(F)F. The predicted octanol–water partition coefficient (Wildman–Crippen LogP) is 2.68. The molecular formula is C9H10Cl2F3NO. The lowest BCUT2D eigenvalue weighted by molar-refractivity contribution is -0.210. The lowest BCUT2D eigenvalue weighted by Crippen LogP contribution is -2.38. The highest BCUT2D eigenvalue weighted by Crippen LogP contribution is 2.31. The molecule has 0 aliphatic rings. The van der Waals surface area contributed by atoms with Crippen molar-refractivity contribution in [2.75, 3.05) is 0 Å². The molecule has 2 atom stereocenters. The normalized spacial score (nSPS) is 15.1. The third-order valence-electron chi connectivity index (χ3n) is 1.94. The summed E-state index contributed by atoms with van der Waals surface area (Å²) in [5.74, 6) is 0. The second-order valence-corrected chi connectivity index (χ2v) is 3.44. The largest absolute Gasteiger partial charge is 0.416 e. The van der Waals surface area contributed by atoms with E-state index in [1.807, 2.05) is 0 Å². The summed E-state index contributed by atoms with van der Waals surface area (Å²) in [5, 5.41) is 9.03. The molecule has 2 nitrogen and oxygen atoms in total. The molecule has 3 N–H and O–H groups in total. The van der Waals surface area contributed by atoms with E-state index in [9.17, 15) is 13.2 Å². The number of rotatable bonds is 2. The van der Waals surface area contributed by atoms with Gasteiger partial charge in [-0.15, -0.1) is 12.4 Å². The van der Waals surface area contributed by atoms with E-state index in [1.54, 1.807) is 6.07 Å². The molecule has 0 saturated heterocycles. The van der Waals surface area contributed by atoms with E-state index < -0.39 is 18.3 Å². The number of hydrogen-bond acceptors (Lipinski definition) is 2. The van der Waals surface area contributed by atoms with E-state index in [0.29, 0.717) is 0 Å². The fourth-order valence-corrected chi connectivity index (χ4v) is 1.38. The van der Waals surface area contributed by atoms with Crippen LogP contribution in [-0.4, -0.2) is 17.4 Å². The minimum atomic E-state index is -4.75. The van der Waals surface area contributed by atoms with Crippen molar-refractivity contribution < 1.29 is 18.3 Å². The average Bonchev–Trinajstić information content (AvgIpc) is 2.15. The Morgan fingerprint density at radius 1 is 1.25 bits per heavy atom. The number of aliphatic hydroxyl groups is 1. The van der Waals surface area contributed by atoms with Crippen LogP contribution in [0.5, 0.6) is 0 Å². The summed E-state index contributed by atoms with van der Waals surface area (Å²) in [6, 6.07) is 4.27. The zero-order chi connectivity index (χ0) is 11.6. The van der Waals surface area contributed by atoms with Crippen molar-refractivity contribution >= 4 is 24.0 Å². The van der Waals surface area contributed by atoms with Gasteiger partial charge in [-0.05, 0) is 11.6 Å². The summed E-state index contributed by atoms with van der Waals surface area (Å²) in [6.45, 7) is 0. The van der Waals surface area contributed by atoms with E-state index in [-0.39, 0.29) is 23.0 Å². The van der Waals surface area contributed by atoms with Crippen LogP contribution in [-0.2, 0) is 0 Å². The van der Waals surface area contributed by atoms with Crippen molar-refractivity contribution in [2.45, 2.75) is 18.3 Å². The first-order valence-electron chi connectivity index (χ1n) is 4.09. The molecule has 92 valence electrons. The zero-order valence-corrected chi connectivity index (χ0v) is 9.48. The molecule has 0 aliphatic carbocycles. The Morgan fingerprint density at radius 2 is 1.75 bits per heavy atom. The monoisotopic (exact) mass is 275 g/mol. The Labute approximate surface area is 102 Å². The lowest BCUT2D eigenvalue weighted by Gasteiger charge is -2.22. The summed E-state index contributed by atoms with van der Waals surface area (Å²) in [5.41, 5.74) is 5.34. The number of halogens is 5. The van der Waals surface area contributed by atoms with Crippen LogP contribution in [0.3, 0.4) is 0 Å². The molecule has 7 heteroatoms. The van der Waals surface area contributed by atoms with Crippen molar-refractivity contribution in [3.05, 3.63) is 34.9 Å². The van der Waals surface area contributed by atoms with E-state index >= 15 is 0 Å². The first-order valence-corrected chi connectivity index (χ1v) is 4.46. The standard InChI is InChI=1S/C9H9ClF3NO.ClH/c10-6-4-2-1-3-5(6)7(14)8(15)9(11,12)13;/h1-4,7-8,15H,14H2;1H/t7-,8-;/m0./s1. The third-order valence-corrected chi connectivity index (χ3v) is 2.28. The van der Waals surface area contributed by atoms with Gasteiger partial charge in [0.15, 0.2) is 6.10 Å². The summed E-state index contributed by atoms with van der Waals surface area (Å²) in [6.07, 6.45) is -7.36. The summed E-state index contributed by atoms with van der Waals surface area (Å²) < 4.78 is 36.4. The number of benzene rings is 1. The van der Waals surface area contributed by atoms with Gasteiger partial charge in [0, 0.05) is 5.02 Å². The third kappa shape index (κ3) is 3.52. The highest BCUT2D eigenvalue weighted by Gasteiger charge is 2.43. The van der Waals surface area contributed by atoms with Crippen molar-refractivity contribution in [1.82, 2.24) is 0 Å².